The first-order valence-corrected chi connectivity index (χ1v) is 12.7. The van der Waals surface area contributed by atoms with Crippen molar-refractivity contribution in [1.82, 2.24) is 25.1 Å². The monoisotopic (exact) mass is 565 g/mol. The van der Waals surface area contributed by atoms with E-state index in [2.05, 4.69) is 15.6 Å². The van der Waals surface area contributed by atoms with Crippen molar-refractivity contribution in [3.8, 4) is 0 Å². The third kappa shape index (κ3) is 9.03. The molecule has 1 aliphatic rings. The third-order valence-electron chi connectivity index (χ3n) is 6.24. The van der Waals surface area contributed by atoms with E-state index in [1.54, 1.807) is 7.05 Å². The first-order valence-electron chi connectivity index (χ1n) is 12.7. The lowest BCUT2D eigenvalue weighted by molar-refractivity contribution is -0.159. The molecule has 0 saturated carbocycles. The van der Waals surface area contributed by atoms with E-state index in [0.29, 0.717) is 6.42 Å². The number of aliphatic hydroxyl groups is 1. The largest absolute Gasteiger partial charge is 0.479 e. The fraction of sp³-hybridized carbons (Fsp3) is 0.583. The normalized spacial score (nSPS) is 20.0. The lowest BCUT2D eigenvalue weighted by atomic mass is 10.0. The highest BCUT2D eigenvalue weighted by molar-refractivity contribution is 5.84. The van der Waals surface area contributed by atoms with Crippen LogP contribution in [0.3, 0.4) is 0 Å². The van der Waals surface area contributed by atoms with E-state index in [1.165, 1.54) is 23.2 Å². The molecule has 2 amide bonds. The van der Waals surface area contributed by atoms with Crippen LogP contribution >= 0.6 is 0 Å². The highest BCUT2D eigenvalue weighted by Crippen LogP contribution is 2.22. The van der Waals surface area contributed by atoms with Crippen molar-refractivity contribution in [3.63, 3.8) is 0 Å². The molecule has 0 aliphatic carbocycles. The predicted octanol–water partition coefficient (Wildman–Crippen LogP) is -2.20. The van der Waals surface area contributed by atoms with Crippen LogP contribution in [0.25, 0.3) is 0 Å². The summed E-state index contributed by atoms with van der Waals surface area (Å²) in [5.41, 5.74) is 16.4. The van der Waals surface area contributed by atoms with Gasteiger partial charge in [0.2, 0.25) is 11.8 Å². The molecule has 2 rings (SSSR count). The summed E-state index contributed by atoms with van der Waals surface area (Å²) in [6.07, 6.45) is 1.69. The Kier molecular flexibility index (Phi) is 11.6. The number of hydrogen-bond donors (Lipinski definition) is 8. The van der Waals surface area contributed by atoms with Crippen LogP contribution in [0, 0.1) is 11.3 Å². The molecule has 0 spiro atoms. The Morgan fingerprint density at radius 1 is 1.30 bits per heavy atom. The SMILES string of the molecule is CC(C)C[C@H](N)C(=O)N[C@@H](CCN(C)C(=N)N)CC(=O)N[C@@H]1C=C[C@H](n2cc(CO)c(N)nc2=O)O[C@@H]1C(=O)O. The molecule has 0 saturated heterocycles. The number of hydrogen-bond acceptors (Lipinski definition) is 10. The fourth-order valence-electron chi connectivity index (χ4n) is 4.00. The van der Waals surface area contributed by atoms with Gasteiger partial charge in [-0.15, -0.1) is 0 Å². The second kappa shape index (κ2) is 14.4. The summed E-state index contributed by atoms with van der Waals surface area (Å²) < 4.78 is 6.56. The summed E-state index contributed by atoms with van der Waals surface area (Å²) in [5.74, 6) is -2.58. The first kappa shape index (κ1) is 32.2. The second-order valence-corrected chi connectivity index (χ2v) is 10.0. The van der Waals surface area contributed by atoms with Gasteiger partial charge >= 0.3 is 11.7 Å². The van der Waals surface area contributed by atoms with Gasteiger partial charge in [-0.3, -0.25) is 19.6 Å². The van der Waals surface area contributed by atoms with Crippen molar-refractivity contribution in [2.75, 3.05) is 19.3 Å². The molecule has 5 atom stereocenters. The zero-order chi connectivity index (χ0) is 30.1. The summed E-state index contributed by atoms with van der Waals surface area (Å²) in [6, 6.07) is -2.57. The molecule has 0 aromatic carbocycles. The number of carbonyl (C=O) groups is 3. The van der Waals surface area contributed by atoms with Crippen LogP contribution in [0.5, 0.6) is 0 Å². The summed E-state index contributed by atoms with van der Waals surface area (Å²) in [6.45, 7) is 3.61. The molecule has 2 heterocycles. The Hall–Kier alpha value is -4.02. The Morgan fingerprint density at radius 3 is 2.55 bits per heavy atom. The van der Waals surface area contributed by atoms with Crippen molar-refractivity contribution in [2.45, 2.75) is 70.2 Å². The molecule has 1 aromatic rings. The van der Waals surface area contributed by atoms with Gasteiger partial charge in [0.1, 0.15) is 5.82 Å². The zero-order valence-electron chi connectivity index (χ0n) is 22.7. The quantitative estimate of drug-likeness (QED) is 0.0719. The van der Waals surface area contributed by atoms with Crippen LogP contribution in [0.2, 0.25) is 0 Å². The standard InChI is InChI=1S/C24H39N9O7/c1-12(2)8-15(25)21(36)29-14(6-7-32(3)23(27)28)9-17(35)30-16-4-5-18(40-19(16)22(37)38)33-10-13(11-34)20(26)31-24(33)39/h4-5,10,12,14-16,18-19,34H,6-9,11,25H2,1-3H3,(H3,27,28)(H,29,36)(H,30,35)(H,37,38)(H2,26,31,39)/t14-,15-,16+,18+,19-/m0/s1. The van der Waals surface area contributed by atoms with Crippen LogP contribution < -0.4 is 33.5 Å². The van der Waals surface area contributed by atoms with Crippen LogP contribution in [-0.4, -0.2) is 86.2 Å². The number of nitrogen functional groups attached to an aromatic ring is 1. The molecular weight excluding hydrogens is 526 g/mol. The maximum Gasteiger partial charge on any atom is 0.351 e. The minimum Gasteiger partial charge on any atom is -0.479 e. The van der Waals surface area contributed by atoms with Crippen molar-refractivity contribution >= 4 is 29.6 Å². The van der Waals surface area contributed by atoms with Gasteiger partial charge in [-0.2, -0.15) is 4.98 Å². The lowest BCUT2D eigenvalue weighted by Gasteiger charge is -2.31. The fourth-order valence-corrected chi connectivity index (χ4v) is 4.00. The molecular formula is C24H39N9O7. The van der Waals surface area contributed by atoms with E-state index in [0.717, 1.165) is 4.57 Å². The number of carbonyl (C=O) groups excluding carboxylic acids is 2. The van der Waals surface area contributed by atoms with Crippen molar-refractivity contribution in [3.05, 3.63) is 34.4 Å². The Morgan fingerprint density at radius 2 is 1.98 bits per heavy atom. The van der Waals surface area contributed by atoms with Gasteiger partial charge in [0, 0.05) is 37.8 Å². The molecule has 0 unspecified atom stereocenters. The van der Waals surface area contributed by atoms with Gasteiger partial charge in [-0.1, -0.05) is 19.9 Å². The molecule has 0 bridgehead atoms. The Bertz CT molecular complexity index is 1170. The van der Waals surface area contributed by atoms with E-state index in [9.17, 15) is 29.4 Å². The van der Waals surface area contributed by atoms with Gasteiger partial charge in [-0.25, -0.2) is 9.59 Å². The molecule has 1 aromatic heterocycles. The number of carboxylic acid groups (broad SMARTS) is 1. The number of nitrogens with two attached hydrogens (primary N) is 3. The predicted molar refractivity (Wildman–Crippen MR) is 145 cm³/mol. The summed E-state index contributed by atoms with van der Waals surface area (Å²) in [5, 5.41) is 32.0. The molecule has 16 nitrogen and oxygen atoms in total. The number of aromatic nitrogens is 2. The van der Waals surface area contributed by atoms with Gasteiger partial charge in [0.05, 0.1) is 18.7 Å². The highest BCUT2D eigenvalue weighted by atomic mass is 16.5. The summed E-state index contributed by atoms with van der Waals surface area (Å²) >= 11 is 0. The van der Waals surface area contributed by atoms with Crippen LogP contribution in [-0.2, 0) is 25.7 Å². The summed E-state index contributed by atoms with van der Waals surface area (Å²) in [4.78, 5) is 54.9. The van der Waals surface area contributed by atoms with Gasteiger partial charge in [0.15, 0.2) is 18.3 Å². The minimum absolute atomic E-state index is 0.149. The Labute approximate surface area is 231 Å². The number of aliphatic carboxylic acids is 1. The average molecular weight is 566 g/mol. The van der Waals surface area contributed by atoms with E-state index >= 15 is 0 Å². The van der Waals surface area contributed by atoms with Gasteiger partial charge in [-0.05, 0) is 24.8 Å². The zero-order valence-corrected chi connectivity index (χ0v) is 22.7. The Balaban J connectivity index is 2.17. The lowest BCUT2D eigenvalue weighted by Crippen LogP contribution is -2.52. The number of rotatable bonds is 13. The number of amides is 2. The van der Waals surface area contributed by atoms with E-state index < -0.39 is 60.5 Å². The van der Waals surface area contributed by atoms with Crippen LogP contribution in [0.4, 0.5) is 5.82 Å². The molecule has 222 valence electrons. The van der Waals surface area contributed by atoms with Gasteiger partial charge in [0.25, 0.3) is 0 Å². The average Bonchev–Trinajstić information content (AvgIpc) is 2.86. The van der Waals surface area contributed by atoms with E-state index in [-0.39, 0.29) is 42.6 Å². The first-order chi connectivity index (χ1) is 18.7. The molecule has 1 aliphatic heterocycles. The minimum atomic E-state index is -1.57. The number of nitrogens with one attached hydrogen (secondary N) is 3. The van der Waals surface area contributed by atoms with E-state index in [1.807, 2.05) is 13.8 Å². The maximum atomic E-state index is 13.0. The molecule has 16 heteroatoms. The molecule has 0 fully saturated rings. The number of carboxylic acids is 1. The van der Waals surface area contributed by atoms with Gasteiger partial charge < -0.3 is 47.7 Å². The number of anilines is 1. The maximum absolute atomic E-state index is 13.0. The number of aliphatic hydroxyl groups excluding tert-OH is 1. The number of nitrogens with zero attached hydrogens (tertiary/aromatic N) is 3. The van der Waals surface area contributed by atoms with Crippen molar-refractivity contribution < 1.29 is 29.3 Å². The van der Waals surface area contributed by atoms with Crippen molar-refractivity contribution in [2.24, 2.45) is 17.4 Å². The topological polar surface area (TPSA) is 265 Å². The third-order valence-corrected chi connectivity index (χ3v) is 6.24. The molecule has 40 heavy (non-hydrogen) atoms. The van der Waals surface area contributed by atoms with Crippen LogP contribution in [0.1, 0.15) is 44.9 Å². The smallest absolute Gasteiger partial charge is 0.351 e. The van der Waals surface area contributed by atoms with Crippen molar-refractivity contribution in [1.29, 1.82) is 5.41 Å². The highest BCUT2D eigenvalue weighted by Gasteiger charge is 2.35. The molecule has 11 N–H and O–H groups in total. The van der Waals surface area contributed by atoms with Crippen LogP contribution in [0.15, 0.2) is 23.1 Å². The summed E-state index contributed by atoms with van der Waals surface area (Å²) in [7, 11) is 1.59. The number of guanidine groups is 1. The second-order valence-electron chi connectivity index (χ2n) is 10.0. The molecule has 0 radical (unpaired) electrons. The number of ether oxygens (including phenoxy) is 1. The van der Waals surface area contributed by atoms with E-state index in [4.69, 9.17) is 27.3 Å².